The normalized spacial score (nSPS) is 14.9. The van der Waals surface area contributed by atoms with E-state index in [0.717, 1.165) is 0 Å². The van der Waals surface area contributed by atoms with Crippen LogP contribution in [-0.4, -0.2) is 74.7 Å². The van der Waals surface area contributed by atoms with Gasteiger partial charge in [-0.15, -0.1) is 0 Å². The zero-order chi connectivity index (χ0) is 22.0. The molecular weight excluding hydrogens is 384 g/mol. The second-order valence-corrected chi connectivity index (χ2v) is 6.47. The van der Waals surface area contributed by atoms with Gasteiger partial charge >= 0.3 is 5.97 Å². The standard InChI is InChI=1S/C16H28N8O5/c1-8(25)12(17)14(27)24-11(5-9-6-20-7-22-9)13(26)23-10(15(28)29)3-2-4-21-16(18)19/h6-8,10-12,25H,2-5,17H2,1H3,(H,20,22)(H,23,26)(H,24,27)(H,28,29)(H4,18,19,21)/t8-,10+,11+,12+/m1/s1. The lowest BCUT2D eigenvalue weighted by Gasteiger charge is -2.23. The molecule has 0 aliphatic heterocycles. The zero-order valence-electron chi connectivity index (χ0n) is 16.0. The van der Waals surface area contributed by atoms with Gasteiger partial charge in [-0.2, -0.15) is 0 Å². The maximum atomic E-state index is 12.7. The van der Waals surface area contributed by atoms with Crippen LogP contribution in [0.3, 0.4) is 0 Å². The monoisotopic (exact) mass is 412 g/mol. The van der Waals surface area contributed by atoms with Crippen molar-refractivity contribution in [1.29, 1.82) is 5.41 Å². The van der Waals surface area contributed by atoms with Crippen molar-refractivity contribution in [3.05, 3.63) is 18.2 Å². The van der Waals surface area contributed by atoms with E-state index in [0.29, 0.717) is 12.1 Å². The van der Waals surface area contributed by atoms with E-state index >= 15 is 0 Å². The van der Waals surface area contributed by atoms with Crippen molar-refractivity contribution < 1.29 is 24.6 Å². The van der Waals surface area contributed by atoms with Crippen molar-refractivity contribution in [2.24, 2.45) is 11.5 Å². The number of aliphatic hydroxyl groups is 1. The highest BCUT2D eigenvalue weighted by Crippen LogP contribution is 2.03. The van der Waals surface area contributed by atoms with Gasteiger partial charge in [-0.3, -0.25) is 15.0 Å². The highest BCUT2D eigenvalue weighted by atomic mass is 16.4. The van der Waals surface area contributed by atoms with Gasteiger partial charge in [0.25, 0.3) is 0 Å². The molecule has 0 aromatic carbocycles. The lowest BCUT2D eigenvalue weighted by molar-refractivity contribution is -0.142. The number of hydrogen-bond donors (Lipinski definition) is 9. The van der Waals surface area contributed by atoms with Crippen molar-refractivity contribution in [1.82, 2.24) is 25.9 Å². The Bertz CT molecular complexity index is 693. The molecule has 1 rings (SSSR count). The van der Waals surface area contributed by atoms with Gasteiger partial charge in [0.15, 0.2) is 5.96 Å². The first-order chi connectivity index (χ1) is 13.6. The predicted molar refractivity (Wildman–Crippen MR) is 103 cm³/mol. The number of nitrogens with one attached hydrogen (secondary N) is 5. The Hall–Kier alpha value is -3.19. The summed E-state index contributed by atoms with van der Waals surface area (Å²) in [5, 5.41) is 33.2. The Labute approximate surface area is 167 Å². The Morgan fingerprint density at radius 2 is 1.93 bits per heavy atom. The first-order valence-electron chi connectivity index (χ1n) is 8.94. The molecule has 0 unspecified atom stereocenters. The summed E-state index contributed by atoms with van der Waals surface area (Å²) < 4.78 is 0. The number of amides is 2. The van der Waals surface area contributed by atoms with E-state index in [1.165, 1.54) is 19.4 Å². The second kappa shape index (κ2) is 11.6. The Morgan fingerprint density at radius 1 is 1.28 bits per heavy atom. The summed E-state index contributed by atoms with van der Waals surface area (Å²) >= 11 is 0. The van der Waals surface area contributed by atoms with Crippen molar-refractivity contribution in [3.63, 3.8) is 0 Å². The molecule has 0 radical (unpaired) electrons. The topological polar surface area (TPSA) is 232 Å². The molecule has 1 aromatic heterocycles. The third-order valence-corrected chi connectivity index (χ3v) is 4.02. The number of carbonyl (C=O) groups excluding carboxylic acids is 2. The summed E-state index contributed by atoms with van der Waals surface area (Å²) in [5.74, 6) is -2.97. The molecule has 0 bridgehead atoms. The number of H-pyrrole nitrogens is 1. The Kier molecular flexibility index (Phi) is 9.55. The van der Waals surface area contributed by atoms with Crippen molar-refractivity contribution in [2.75, 3.05) is 6.54 Å². The SMILES string of the molecule is C[C@@H](O)[C@H](N)C(=O)N[C@@H](Cc1c[nH]cn1)C(=O)N[C@@H](CCCNC(=N)N)C(=O)O. The summed E-state index contributed by atoms with van der Waals surface area (Å²) in [5.41, 5.74) is 11.2. The van der Waals surface area contributed by atoms with Crippen LogP contribution in [0.1, 0.15) is 25.5 Å². The lowest BCUT2D eigenvalue weighted by atomic mass is 10.1. The molecule has 11 N–H and O–H groups in total. The smallest absolute Gasteiger partial charge is 0.326 e. The number of aliphatic carboxylic acids is 1. The molecule has 13 heteroatoms. The minimum Gasteiger partial charge on any atom is -0.480 e. The number of hydrogen-bond acceptors (Lipinski definition) is 7. The number of aromatic nitrogens is 2. The van der Waals surface area contributed by atoms with E-state index in [1.54, 1.807) is 0 Å². The molecule has 0 saturated heterocycles. The van der Waals surface area contributed by atoms with Gasteiger partial charge in [-0.05, 0) is 19.8 Å². The molecule has 13 nitrogen and oxygen atoms in total. The van der Waals surface area contributed by atoms with E-state index in [9.17, 15) is 24.6 Å². The number of carboxylic acid groups (broad SMARTS) is 1. The molecular formula is C16H28N8O5. The number of carbonyl (C=O) groups is 3. The van der Waals surface area contributed by atoms with Crippen LogP contribution in [0, 0.1) is 5.41 Å². The number of guanidine groups is 1. The summed E-state index contributed by atoms with van der Waals surface area (Å²) in [7, 11) is 0. The third-order valence-electron chi connectivity index (χ3n) is 4.02. The van der Waals surface area contributed by atoms with Gasteiger partial charge in [0.05, 0.1) is 18.1 Å². The van der Waals surface area contributed by atoms with E-state index in [4.69, 9.17) is 16.9 Å². The highest BCUT2D eigenvalue weighted by molar-refractivity contribution is 5.92. The van der Waals surface area contributed by atoms with Crippen molar-refractivity contribution in [3.8, 4) is 0 Å². The summed E-state index contributed by atoms with van der Waals surface area (Å²) in [6.45, 7) is 1.61. The average molecular weight is 412 g/mol. The van der Waals surface area contributed by atoms with Crippen LogP contribution < -0.4 is 27.4 Å². The van der Waals surface area contributed by atoms with Crippen LogP contribution in [0.25, 0.3) is 0 Å². The van der Waals surface area contributed by atoms with Crippen LogP contribution in [-0.2, 0) is 20.8 Å². The third kappa shape index (κ3) is 8.57. The predicted octanol–water partition coefficient (Wildman–Crippen LogP) is -3.02. The molecule has 0 spiro atoms. The summed E-state index contributed by atoms with van der Waals surface area (Å²) in [6.07, 6.45) is 2.20. The first kappa shape index (κ1) is 23.8. The fourth-order valence-corrected chi connectivity index (χ4v) is 2.37. The van der Waals surface area contributed by atoms with Gasteiger partial charge in [-0.25, -0.2) is 9.78 Å². The molecule has 2 amide bonds. The first-order valence-corrected chi connectivity index (χ1v) is 8.94. The average Bonchev–Trinajstić information content (AvgIpc) is 3.15. The van der Waals surface area contributed by atoms with E-state index in [1.807, 2.05) is 0 Å². The number of rotatable bonds is 12. The second-order valence-electron chi connectivity index (χ2n) is 6.47. The number of aliphatic hydroxyl groups excluding tert-OH is 1. The summed E-state index contributed by atoms with van der Waals surface area (Å²) in [4.78, 5) is 43.0. The molecule has 1 heterocycles. The molecule has 162 valence electrons. The van der Waals surface area contributed by atoms with Gasteiger partial charge < -0.3 is 42.6 Å². The van der Waals surface area contributed by atoms with Crippen LogP contribution in [0.4, 0.5) is 0 Å². The van der Waals surface area contributed by atoms with Crippen LogP contribution in [0.15, 0.2) is 12.5 Å². The number of carboxylic acids is 1. The number of nitrogens with zero attached hydrogens (tertiary/aromatic N) is 1. The summed E-state index contributed by atoms with van der Waals surface area (Å²) in [6, 6.07) is -3.61. The fraction of sp³-hybridized carbons (Fsp3) is 0.562. The van der Waals surface area contributed by atoms with Crippen LogP contribution >= 0.6 is 0 Å². The molecule has 0 fully saturated rings. The minimum absolute atomic E-state index is 0.00810. The minimum atomic E-state index is -1.25. The molecule has 0 aliphatic rings. The maximum absolute atomic E-state index is 12.7. The molecule has 0 saturated carbocycles. The van der Waals surface area contributed by atoms with E-state index < -0.39 is 42.0 Å². The van der Waals surface area contributed by atoms with E-state index in [2.05, 4.69) is 25.9 Å². The quantitative estimate of drug-likeness (QED) is 0.0963. The molecule has 0 aliphatic carbocycles. The molecule has 29 heavy (non-hydrogen) atoms. The number of aromatic amines is 1. The molecule has 4 atom stereocenters. The largest absolute Gasteiger partial charge is 0.480 e. The number of imidazole rings is 1. The van der Waals surface area contributed by atoms with Gasteiger partial charge in [0.1, 0.15) is 18.1 Å². The fourth-order valence-electron chi connectivity index (χ4n) is 2.37. The lowest BCUT2D eigenvalue weighted by Crippen LogP contribution is -2.57. The highest BCUT2D eigenvalue weighted by Gasteiger charge is 2.29. The Morgan fingerprint density at radius 3 is 2.45 bits per heavy atom. The van der Waals surface area contributed by atoms with E-state index in [-0.39, 0.29) is 25.3 Å². The van der Waals surface area contributed by atoms with Gasteiger partial charge in [0.2, 0.25) is 11.8 Å². The van der Waals surface area contributed by atoms with Gasteiger partial charge in [0, 0.05) is 19.2 Å². The van der Waals surface area contributed by atoms with Crippen molar-refractivity contribution >= 4 is 23.7 Å². The van der Waals surface area contributed by atoms with Crippen LogP contribution in [0.2, 0.25) is 0 Å². The molecule has 1 aromatic rings. The van der Waals surface area contributed by atoms with Crippen LogP contribution in [0.5, 0.6) is 0 Å². The maximum Gasteiger partial charge on any atom is 0.326 e. The Balaban J connectivity index is 2.80. The zero-order valence-corrected chi connectivity index (χ0v) is 16.0. The van der Waals surface area contributed by atoms with Crippen molar-refractivity contribution in [2.45, 2.75) is 50.4 Å². The van der Waals surface area contributed by atoms with Gasteiger partial charge in [-0.1, -0.05) is 0 Å². The number of nitrogens with two attached hydrogens (primary N) is 2.